The molecule has 0 heterocycles. The van der Waals surface area contributed by atoms with E-state index in [1.165, 1.54) is 0 Å². The van der Waals surface area contributed by atoms with Crippen molar-refractivity contribution in [3.63, 3.8) is 0 Å². The molecule has 1 nitrogen and oxygen atoms in total. The lowest BCUT2D eigenvalue weighted by atomic mass is 10.1. The van der Waals surface area contributed by atoms with Gasteiger partial charge in [-0.15, -0.1) is 11.6 Å². The van der Waals surface area contributed by atoms with Gasteiger partial charge in [-0.2, -0.15) is 0 Å². The van der Waals surface area contributed by atoms with Gasteiger partial charge in [-0.05, 0) is 31.0 Å². The van der Waals surface area contributed by atoms with Crippen LogP contribution in [0.4, 0.5) is 0 Å². The maximum absolute atomic E-state index is 6.00. The molecule has 0 aromatic heterocycles. The third kappa shape index (κ3) is 2.78. The van der Waals surface area contributed by atoms with Crippen LogP contribution in [0.2, 0.25) is 5.02 Å². The van der Waals surface area contributed by atoms with E-state index in [9.17, 15) is 0 Å². The predicted molar refractivity (Wildman–Crippen MR) is 57.1 cm³/mol. The van der Waals surface area contributed by atoms with Crippen molar-refractivity contribution in [2.75, 3.05) is 12.5 Å². The van der Waals surface area contributed by atoms with Gasteiger partial charge >= 0.3 is 0 Å². The molecule has 0 fully saturated rings. The van der Waals surface area contributed by atoms with Crippen molar-refractivity contribution in [2.45, 2.75) is 13.8 Å². The minimum atomic E-state index is 0.476. The summed E-state index contributed by atoms with van der Waals surface area (Å²) in [5.41, 5.74) is 2.19. The maximum Gasteiger partial charge on any atom is 0.140 e. The Morgan fingerprint density at radius 2 is 2.00 bits per heavy atom. The Balaban J connectivity index is 2.92. The van der Waals surface area contributed by atoms with E-state index in [0.717, 1.165) is 16.9 Å². The van der Waals surface area contributed by atoms with Crippen molar-refractivity contribution in [1.29, 1.82) is 0 Å². The van der Waals surface area contributed by atoms with Crippen LogP contribution in [-0.2, 0) is 0 Å². The van der Waals surface area contributed by atoms with Gasteiger partial charge in [-0.1, -0.05) is 17.7 Å². The van der Waals surface area contributed by atoms with Gasteiger partial charge < -0.3 is 4.74 Å². The second kappa shape index (κ2) is 4.73. The Hall–Kier alpha value is -0.400. The molecule has 0 radical (unpaired) electrons. The van der Waals surface area contributed by atoms with Gasteiger partial charge in [-0.25, -0.2) is 0 Å². The van der Waals surface area contributed by atoms with Gasteiger partial charge in [0, 0.05) is 0 Å². The first-order valence-electron chi connectivity index (χ1n) is 4.10. The number of hydrogen-bond donors (Lipinski definition) is 0. The first-order chi connectivity index (χ1) is 6.15. The Bertz CT molecular complexity index is 274. The molecule has 0 N–H and O–H groups in total. The van der Waals surface area contributed by atoms with Crippen LogP contribution in [0.3, 0.4) is 0 Å². The Morgan fingerprint density at radius 1 is 1.31 bits per heavy atom. The van der Waals surface area contributed by atoms with Crippen LogP contribution in [0.1, 0.15) is 11.1 Å². The quantitative estimate of drug-likeness (QED) is 0.706. The highest BCUT2D eigenvalue weighted by Crippen LogP contribution is 2.29. The fourth-order valence-corrected chi connectivity index (χ4v) is 1.68. The number of benzene rings is 1. The number of halogens is 2. The molecular weight excluding hydrogens is 207 g/mol. The molecule has 0 spiro atoms. The molecule has 0 unspecified atom stereocenters. The number of alkyl halides is 1. The molecule has 0 saturated heterocycles. The highest BCUT2D eigenvalue weighted by atomic mass is 35.5. The first kappa shape index (κ1) is 10.7. The van der Waals surface area contributed by atoms with Crippen molar-refractivity contribution in [3.05, 3.63) is 28.3 Å². The summed E-state index contributed by atoms with van der Waals surface area (Å²) in [6.45, 7) is 4.47. The highest BCUT2D eigenvalue weighted by Gasteiger charge is 2.05. The Kier molecular flexibility index (Phi) is 3.89. The molecule has 13 heavy (non-hydrogen) atoms. The van der Waals surface area contributed by atoms with Gasteiger partial charge in [0.2, 0.25) is 0 Å². The molecule has 1 aromatic rings. The van der Waals surface area contributed by atoms with Crippen molar-refractivity contribution >= 4 is 23.2 Å². The summed E-state index contributed by atoms with van der Waals surface area (Å²) < 4.78 is 5.41. The fraction of sp³-hybridized carbons (Fsp3) is 0.400. The predicted octanol–water partition coefficient (Wildman–Crippen LogP) is 3.57. The summed E-state index contributed by atoms with van der Waals surface area (Å²) in [6.07, 6.45) is 0. The normalized spacial score (nSPS) is 10.2. The van der Waals surface area contributed by atoms with Gasteiger partial charge in [0.15, 0.2) is 0 Å². The lowest BCUT2D eigenvalue weighted by Gasteiger charge is -2.10. The van der Waals surface area contributed by atoms with E-state index in [4.69, 9.17) is 27.9 Å². The zero-order valence-corrected chi connectivity index (χ0v) is 9.24. The molecule has 0 bridgehead atoms. The molecule has 0 saturated carbocycles. The van der Waals surface area contributed by atoms with E-state index in [2.05, 4.69) is 0 Å². The highest BCUT2D eigenvalue weighted by molar-refractivity contribution is 6.32. The molecule has 0 aliphatic rings. The molecule has 0 aliphatic heterocycles. The standard InChI is InChI=1S/C10H12Cl2O/c1-7-5-8(2)10(9(12)6-7)13-4-3-11/h5-6H,3-4H2,1-2H3. The Labute approximate surface area is 88.6 Å². The molecule has 1 aromatic carbocycles. The van der Waals surface area contributed by atoms with Crippen molar-refractivity contribution in [1.82, 2.24) is 0 Å². The van der Waals surface area contributed by atoms with Gasteiger partial charge in [-0.3, -0.25) is 0 Å². The largest absolute Gasteiger partial charge is 0.491 e. The average molecular weight is 219 g/mol. The third-order valence-electron chi connectivity index (χ3n) is 1.70. The monoisotopic (exact) mass is 218 g/mol. The first-order valence-corrected chi connectivity index (χ1v) is 5.02. The summed E-state index contributed by atoms with van der Waals surface area (Å²) in [7, 11) is 0. The van der Waals surface area contributed by atoms with E-state index >= 15 is 0 Å². The molecular formula is C10H12Cl2O. The van der Waals surface area contributed by atoms with E-state index in [-0.39, 0.29) is 0 Å². The molecule has 3 heteroatoms. The molecule has 72 valence electrons. The van der Waals surface area contributed by atoms with Gasteiger partial charge in [0.25, 0.3) is 0 Å². The van der Waals surface area contributed by atoms with Crippen molar-refractivity contribution in [3.8, 4) is 5.75 Å². The van der Waals surface area contributed by atoms with Crippen LogP contribution in [0.25, 0.3) is 0 Å². The molecule has 1 rings (SSSR count). The minimum Gasteiger partial charge on any atom is -0.491 e. The second-order valence-corrected chi connectivity index (χ2v) is 3.72. The van der Waals surface area contributed by atoms with Crippen LogP contribution in [0.15, 0.2) is 12.1 Å². The summed E-state index contributed by atoms with van der Waals surface area (Å²) in [4.78, 5) is 0. The number of hydrogen-bond acceptors (Lipinski definition) is 1. The van der Waals surface area contributed by atoms with E-state index in [1.54, 1.807) is 0 Å². The molecule has 0 atom stereocenters. The zero-order chi connectivity index (χ0) is 9.84. The third-order valence-corrected chi connectivity index (χ3v) is 2.13. The van der Waals surface area contributed by atoms with Crippen LogP contribution in [0, 0.1) is 13.8 Å². The lowest BCUT2D eigenvalue weighted by Crippen LogP contribution is -2.00. The zero-order valence-electron chi connectivity index (χ0n) is 7.73. The Morgan fingerprint density at radius 3 is 2.54 bits per heavy atom. The van der Waals surface area contributed by atoms with Crippen LogP contribution < -0.4 is 4.74 Å². The summed E-state index contributed by atoms with van der Waals surface area (Å²) in [5, 5.41) is 0.655. The SMILES string of the molecule is Cc1cc(C)c(OCCCl)c(Cl)c1. The van der Waals surface area contributed by atoms with Crippen molar-refractivity contribution in [2.24, 2.45) is 0 Å². The van der Waals surface area contributed by atoms with E-state index in [0.29, 0.717) is 17.5 Å². The van der Waals surface area contributed by atoms with Crippen LogP contribution in [-0.4, -0.2) is 12.5 Å². The fourth-order valence-electron chi connectivity index (χ4n) is 1.23. The topological polar surface area (TPSA) is 9.23 Å². The lowest BCUT2D eigenvalue weighted by molar-refractivity contribution is 0.340. The number of ether oxygens (including phenoxy) is 1. The average Bonchev–Trinajstić information content (AvgIpc) is 2.02. The van der Waals surface area contributed by atoms with Crippen LogP contribution in [0.5, 0.6) is 5.75 Å². The smallest absolute Gasteiger partial charge is 0.140 e. The van der Waals surface area contributed by atoms with E-state index < -0.39 is 0 Å². The van der Waals surface area contributed by atoms with Crippen LogP contribution >= 0.6 is 23.2 Å². The second-order valence-electron chi connectivity index (χ2n) is 2.93. The maximum atomic E-state index is 6.00. The summed E-state index contributed by atoms with van der Waals surface area (Å²) in [5.74, 6) is 1.22. The van der Waals surface area contributed by atoms with Crippen molar-refractivity contribution < 1.29 is 4.74 Å². The van der Waals surface area contributed by atoms with Gasteiger partial charge in [0.1, 0.15) is 12.4 Å². The summed E-state index contributed by atoms with van der Waals surface area (Å²) >= 11 is 11.5. The van der Waals surface area contributed by atoms with Gasteiger partial charge in [0.05, 0.1) is 10.9 Å². The number of rotatable bonds is 3. The van der Waals surface area contributed by atoms with E-state index in [1.807, 2.05) is 26.0 Å². The molecule has 0 aliphatic carbocycles. The molecule has 0 amide bonds. The summed E-state index contributed by atoms with van der Waals surface area (Å²) in [6, 6.07) is 3.92. The number of aryl methyl sites for hydroxylation is 2. The minimum absolute atomic E-state index is 0.476.